The average molecular weight is 343 g/mol. The molecule has 0 unspecified atom stereocenters. The minimum Gasteiger partial charge on any atom is -0.467 e. The van der Waals surface area contributed by atoms with E-state index in [4.69, 9.17) is 32.4 Å². The Balaban J connectivity index is 1.90. The third-order valence-electron chi connectivity index (χ3n) is 2.73. The second-order valence-corrected chi connectivity index (χ2v) is 5.16. The summed E-state index contributed by atoms with van der Waals surface area (Å²) in [6, 6.07) is 6.34. The van der Waals surface area contributed by atoms with Gasteiger partial charge in [0.2, 0.25) is 0 Å². The first-order chi connectivity index (χ1) is 10.5. The van der Waals surface area contributed by atoms with Crippen LogP contribution >= 0.6 is 23.2 Å². The maximum Gasteiger partial charge on any atom is 0.359 e. The number of halogens is 2. The minimum atomic E-state index is -0.813. The molecule has 0 aromatic carbocycles. The fourth-order valence-electron chi connectivity index (χ4n) is 1.59. The van der Waals surface area contributed by atoms with Crippen molar-refractivity contribution in [3.8, 4) is 0 Å². The molecule has 0 radical (unpaired) electrons. The van der Waals surface area contributed by atoms with Gasteiger partial charge in [0.1, 0.15) is 10.9 Å². The van der Waals surface area contributed by atoms with Crippen LogP contribution in [-0.2, 0) is 16.1 Å². The fraction of sp³-hybridized carbons (Fsp3) is 0.214. The molecule has 0 atom stereocenters. The largest absolute Gasteiger partial charge is 0.467 e. The number of likely N-dealkylation sites (N-methyl/N-ethyl adjacent to an activating group) is 1. The van der Waals surface area contributed by atoms with E-state index in [1.807, 2.05) is 0 Å². The predicted octanol–water partition coefficient (Wildman–Crippen LogP) is 2.80. The molecule has 0 aliphatic rings. The van der Waals surface area contributed by atoms with Crippen LogP contribution in [0.2, 0.25) is 10.2 Å². The molecular formula is C14H12Cl2N2O4. The third-order valence-corrected chi connectivity index (χ3v) is 3.25. The van der Waals surface area contributed by atoms with Crippen LogP contribution in [-0.4, -0.2) is 35.4 Å². The molecule has 0 saturated carbocycles. The van der Waals surface area contributed by atoms with Crippen molar-refractivity contribution in [2.24, 2.45) is 0 Å². The van der Waals surface area contributed by atoms with E-state index < -0.39 is 12.6 Å². The molecule has 0 saturated heterocycles. The van der Waals surface area contributed by atoms with E-state index in [0.717, 1.165) is 0 Å². The van der Waals surface area contributed by atoms with Crippen LogP contribution in [0.3, 0.4) is 0 Å². The van der Waals surface area contributed by atoms with Gasteiger partial charge in [-0.15, -0.1) is 0 Å². The van der Waals surface area contributed by atoms with Crippen molar-refractivity contribution < 1.29 is 18.7 Å². The Hall–Kier alpha value is -2.05. The Morgan fingerprint density at radius 2 is 2.09 bits per heavy atom. The first kappa shape index (κ1) is 16.3. The summed E-state index contributed by atoms with van der Waals surface area (Å²) in [5.74, 6) is -0.572. The van der Waals surface area contributed by atoms with Gasteiger partial charge < -0.3 is 14.1 Å². The Bertz CT molecular complexity index is 673. The van der Waals surface area contributed by atoms with Gasteiger partial charge in [0.25, 0.3) is 5.91 Å². The van der Waals surface area contributed by atoms with E-state index >= 15 is 0 Å². The van der Waals surface area contributed by atoms with Crippen molar-refractivity contribution >= 4 is 35.1 Å². The number of carbonyl (C=O) groups excluding carboxylic acids is 2. The zero-order valence-corrected chi connectivity index (χ0v) is 13.1. The molecule has 8 heteroatoms. The molecule has 0 aliphatic carbocycles. The van der Waals surface area contributed by atoms with Crippen LogP contribution in [0.25, 0.3) is 0 Å². The number of aromatic nitrogens is 1. The van der Waals surface area contributed by atoms with Crippen molar-refractivity contribution in [1.29, 1.82) is 0 Å². The number of furan rings is 1. The quantitative estimate of drug-likeness (QED) is 0.617. The Morgan fingerprint density at radius 1 is 1.32 bits per heavy atom. The van der Waals surface area contributed by atoms with Crippen LogP contribution in [0, 0.1) is 0 Å². The lowest BCUT2D eigenvalue weighted by atomic mass is 10.3. The molecule has 1 amide bonds. The molecule has 0 aliphatic heterocycles. The molecule has 0 fully saturated rings. The number of hydrogen-bond acceptors (Lipinski definition) is 5. The molecule has 2 aromatic heterocycles. The summed E-state index contributed by atoms with van der Waals surface area (Å²) in [6.45, 7) is -0.153. The highest BCUT2D eigenvalue weighted by molar-refractivity contribution is 6.34. The van der Waals surface area contributed by atoms with Crippen molar-refractivity contribution in [3.05, 3.63) is 52.2 Å². The molecule has 6 nitrogen and oxygen atoms in total. The van der Waals surface area contributed by atoms with Gasteiger partial charge in [0.15, 0.2) is 12.3 Å². The summed E-state index contributed by atoms with van der Waals surface area (Å²) in [4.78, 5) is 28.9. The van der Waals surface area contributed by atoms with Crippen molar-refractivity contribution in [1.82, 2.24) is 9.88 Å². The summed E-state index contributed by atoms with van der Waals surface area (Å²) in [6.07, 6.45) is 1.51. The summed E-state index contributed by atoms with van der Waals surface area (Å²) < 4.78 is 10.0. The molecule has 2 rings (SSSR count). The normalized spacial score (nSPS) is 10.3. The molecule has 116 valence electrons. The van der Waals surface area contributed by atoms with E-state index in [1.54, 1.807) is 19.2 Å². The van der Waals surface area contributed by atoms with E-state index in [2.05, 4.69) is 4.98 Å². The van der Waals surface area contributed by atoms with Gasteiger partial charge >= 0.3 is 5.97 Å². The van der Waals surface area contributed by atoms with E-state index in [1.165, 1.54) is 23.3 Å². The van der Waals surface area contributed by atoms with E-state index in [-0.39, 0.29) is 28.3 Å². The maximum absolute atomic E-state index is 11.9. The average Bonchev–Trinajstić information content (AvgIpc) is 2.99. The van der Waals surface area contributed by atoms with Crippen LogP contribution in [0.1, 0.15) is 16.2 Å². The topological polar surface area (TPSA) is 72.6 Å². The van der Waals surface area contributed by atoms with Gasteiger partial charge in [-0.3, -0.25) is 4.79 Å². The first-order valence-corrected chi connectivity index (χ1v) is 6.98. The maximum atomic E-state index is 11.9. The van der Waals surface area contributed by atoms with Crippen LogP contribution in [0.4, 0.5) is 0 Å². The van der Waals surface area contributed by atoms with Crippen LogP contribution in [0.5, 0.6) is 0 Å². The predicted molar refractivity (Wildman–Crippen MR) is 79.7 cm³/mol. The summed E-state index contributed by atoms with van der Waals surface area (Å²) in [5, 5.41) is 0.211. The Labute approximate surface area is 136 Å². The van der Waals surface area contributed by atoms with Crippen molar-refractivity contribution in [3.63, 3.8) is 0 Å². The fourth-order valence-corrected chi connectivity index (χ4v) is 1.92. The summed E-state index contributed by atoms with van der Waals surface area (Å²) in [5.41, 5.74) is -0.129. The van der Waals surface area contributed by atoms with Gasteiger partial charge in [-0.2, -0.15) is 0 Å². The monoisotopic (exact) mass is 342 g/mol. The number of pyridine rings is 1. The van der Waals surface area contributed by atoms with Gasteiger partial charge in [-0.1, -0.05) is 23.2 Å². The van der Waals surface area contributed by atoms with Gasteiger partial charge in [-0.05, 0) is 24.3 Å². The van der Waals surface area contributed by atoms with E-state index in [9.17, 15) is 9.59 Å². The lowest BCUT2D eigenvalue weighted by molar-refractivity contribution is -0.134. The zero-order valence-electron chi connectivity index (χ0n) is 11.6. The third kappa shape index (κ3) is 4.22. The second-order valence-electron chi connectivity index (χ2n) is 4.37. The van der Waals surface area contributed by atoms with Gasteiger partial charge in [0, 0.05) is 7.05 Å². The molecule has 2 aromatic rings. The van der Waals surface area contributed by atoms with Gasteiger partial charge in [0.05, 0.1) is 17.8 Å². The van der Waals surface area contributed by atoms with Crippen LogP contribution < -0.4 is 0 Å². The highest BCUT2D eigenvalue weighted by atomic mass is 35.5. The van der Waals surface area contributed by atoms with Crippen molar-refractivity contribution in [2.45, 2.75) is 6.54 Å². The SMILES string of the molecule is CN(Cc1ccco1)C(=O)COC(=O)c1nc(Cl)ccc1Cl. The number of ether oxygens (including phenoxy) is 1. The number of carbonyl (C=O) groups is 2. The highest BCUT2D eigenvalue weighted by Crippen LogP contribution is 2.17. The minimum absolute atomic E-state index is 0.103. The van der Waals surface area contributed by atoms with Crippen molar-refractivity contribution in [2.75, 3.05) is 13.7 Å². The Morgan fingerprint density at radius 3 is 2.77 bits per heavy atom. The Kier molecular flexibility index (Phi) is 5.41. The molecule has 0 spiro atoms. The molecule has 0 N–H and O–H groups in total. The van der Waals surface area contributed by atoms with E-state index in [0.29, 0.717) is 5.76 Å². The number of esters is 1. The number of amides is 1. The number of hydrogen-bond donors (Lipinski definition) is 0. The highest BCUT2D eigenvalue weighted by Gasteiger charge is 2.18. The molecule has 0 bridgehead atoms. The molecule has 22 heavy (non-hydrogen) atoms. The summed E-state index contributed by atoms with van der Waals surface area (Å²) in [7, 11) is 1.57. The lowest BCUT2D eigenvalue weighted by Crippen LogP contribution is -2.30. The number of rotatable bonds is 5. The smallest absolute Gasteiger partial charge is 0.359 e. The molecular weight excluding hydrogens is 331 g/mol. The van der Waals surface area contributed by atoms with Crippen LogP contribution in [0.15, 0.2) is 34.9 Å². The second kappa shape index (κ2) is 7.29. The molecule has 2 heterocycles. The zero-order chi connectivity index (χ0) is 16.1. The number of nitrogens with zero attached hydrogens (tertiary/aromatic N) is 2. The standard InChI is InChI=1S/C14H12Cl2N2O4/c1-18(7-9-3-2-6-21-9)12(19)8-22-14(20)13-10(15)4-5-11(16)17-13/h2-6H,7-8H2,1H3. The summed E-state index contributed by atoms with van der Waals surface area (Å²) >= 11 is 11.5. The first-order valence-electron chi connectivity index (χ1n) is 6.23. The van der Waals surface area contributed by atoms with Gasteiger partial charge in [-0.25, -0.2) is 9.78 Å². The lowest BCUT2D eigenvalue weighted by Gasteiger charge is -2.15.